The lowest BCUT2D eigenvalue weighted by Gasteiger charge is -2.21. The van der Waals surface area contributed by atoms with Gasteiger partial charge < -0.3 is 10.0 Å². The van der Waals surface area contributed by atoms with E-state index in [9.17, 15) is 13.6 Å². The lowest BCUT2D eigenvalue weighted by atomic mass is 10.1. The molecule has 1 unspecified atom stereocenters. The van der Waals surface area contributed by atoms with Crippen LogP contribution < -0.4 is 4.90 Å². The summed E-state index contributed by atoms with van der Waals surface area (Å²) in [5, 5.41) is 9.95. The van der Waals surface area contributed by atoms with Crippen LogP contribution in [0.5, 0.6) is 0 Å². The molecule has 4 nitrogen and oxygen atoms in total. The number of anilines is 1. The number of thioether (sulfide) groups is 1. The zero-order chi connectivity index (χ0) is 19.6. The molecule has 0 bridgehead atoms. The topological polar surface area (TPSA) is 53.4 Å². The fourth-order valence-electron chi connectivity index (χ4n) is 3.40. The van der Waals surface area contributed by atoms with E-state index in [2.05, 4.69) is 4.98 Å². The van der Waals surface area contributed by atoms with Crippen molar-refractivity contribution in [3.8, 4) is 11.1 Å². The first-order valence-electron chi connectivity index (χ1n) is 8.93. The number of nitrogens with zero attached hydrogens (tertiary/aromatic N) is 2. The van der Waals surface area contributed by atoms with Gasteiger partial charge in [0, 0.05) is 36.5 Å². The summed E-state index contributed by atoms with van der Waals surface area (Å²) in [6, 6.07) is 6.24. The Bertz CT molecular complexity index is 821. The number of carbonyl (C=O) groups is 1. The quantitative estimate of drug-likeness (QED) is 0.714. The number of carboxylic acid groups (broad SMARTS) is 1. The van der Waals surface area contributed by atoms with E-state index in [0.29, 0.717) is 35.9 Å². The van der Waals surface area contributed by atoms with E-state index in [-0.39, 0.29) is 18.0 Å². The molecule has 1 aliphatic rings. The second-order valence-corrected chi connectivity index (χ2v) is 8.58. The second kappa shape index (κ2) is 8.25. The first-order valence-corrected chi connectivity index (χ1v) is 9.81. The van der Waals surface area contributed by atoms with Gasteiger partial charge in [0.1, 0.15) is 22.3 Å². The summed E-state index contributed by atoms with van der Waals surface area (Å²) in [5.41, 5.74) is 1.07. The number of hydrogen-bond acceptors (Lipinski definition) is 4. The minimum Gasteiger partial charge on any atom is -0.481 e. The van der Waals surface area contributed by atoms with Gasteiger partial charge in [-0.3, -0.25) is 4.79 Å². The van der Waals surface area contributed by atoms with E-state index in [1.54, 1.807) is 28.9 Å². The molecule has 7 heteroatoms. The lowest BCUT2D eigenvalue weighted by molar-refractivity contribution is -0.137. The highest BCUT2D eigenvalue weighted by Crippen LogP contribution is 2.36. The van der Waals surface area contributed by atoms with Gasteiger partial charge in [-0.15, -0.1) is 11.8 Å². The third-order valence-electron chi connectivity index (χ3n) is 4.51. The van der Waals surface area contributed by atoms with Crippen LogP contribution in [0, 0.1) is 17.6 Å². The Morgan fingerprint density at radius 3 is 2.70 bits per heavy atom. The van der Waals surface area contributed by atoms with Crippen LogP contribution in [0.1, 0.15) is 26.7 Å². The highest BCUT2D eigenvalue weighted by atomic mass is 32.2. The molecule has 1 aromatic heterocycles. The Balaban J connectivity index is 1.90. The fourth-order valence-corrected chi connectivity index (χ4v) is 4.28. The van der Waals surface area contributed by atoms with E-state index in [1.165, 1.54) is 12.1 Å². The van der Waals surface area contributed by atoms with Gasteiger partial charge in [-0.25, -0.2) is 13.8 Å². The van der Waals surface area contributed by atoms with Crippen LogP contribution in [-0.4, -0.2) is 34.4 Å². The number of rotatable bonds is 6. The van der Waals surface area contributed by atoms with Gasteiger partial charge >= 0.3 is 5.97 Å². The maximum atomic E-state index is 14.8. The number of halogens is 2. The summed E-state index contributed by atoms with van der Waals surface area (Å²) in [5.74, 6) is -2.24. The van der Waals surface area contributed by atoms with Crippen LogP contribution in [0.15, 0.2) is 35.5 Å². The number of pyridine rings is 1. The van der Waals surface area contributed by atoms with Gasteiger partial charge in [0.2, 0.25) is 0 Å². The molecule has 0 radical (unpaired) electrons. The van der Waals surface area contributed by atoms with Crippen LogP contribution in [-0.2, 0) is 4.79 Å². The lowest BCUT2D eigenvalue weighted by Crippen LogP contribution is -2.23. The Morgan fingerprint density at radius 1 is 1.37 bits per heavy atom. The second-order valence-electron chi connectivity index (χ2n) is 7.01. The third-order valence-corrected chi connectivity index (χ3v) is 5.53. The smallest absolute Gasteiger partial charge is 0.303 e. The SMILES string of the molecule is CC(C)Sc1ncccc1-c1cc(F)c(N2CCC(CC(=O)O)C2)c(F)c1. The molecule has 0 amide bonds. The molecule has 1 aromatic carbocycles. The summed E-state index contributed by atoms with van der Waals surface area (Å²) < 4.78 is 29.6. The van der Waals surface area contributed by atoms with Crippen LogP contribution in [0.2, 0.25) is 0 Å². The molecular weight excluding hydrogens is 370 g/mol. The van der Waals surface area contributed by atoms with Gasteiger partial charge in [-0.05, 0) is 36.1 Å². The van der Waals surface area contributed by atoms with E-state index >= 15 is 0 Å². The molecule has 1 N–H and O–H groups in total. The molecule has 2 aromatic rings. The fraction of sp³-hybridized carbons (Fsp3) is 0.400. The molecule has 2 heterocycles. The number of benzene rings is 1. The molecule has 1 saturated heterocycles. The third kappa shape index (κ3) is 4.58. The average molecular weight is 392 g/mol. The molecular formula is C20H22F2N2O2S. The molecule has 0 aliphatic carbocycles. The summed E-state index contributed by atoms with van der Waals surface area (Å²) in [7, 11) is 0. The average Bonchev–Trinajstić information content (AvgIpc) is 3.01. The highest BCUT2D eigenvalue weighted by molar-refractivity contribution is 7.99. The number of aromatic nitrogens is 1. The molecule has 3 rings (SSSR count). The minimum absolute atomic E-state index is 0.0172. The normalized spacial score (nSPS) is 16.9. The number of aliphatic carboxylic acids is 1. The van der Waals surface area contributed by atoms with Crippen molar-refractivity contribution in [3.05, 3.63) is 42.1 Å². The molecule has 1 atom stereocenters. The van der Waals surface area contributed by atoms with Crippen molar-refractivity contribution in [1.29, 1.82) is 0 Å². The number of hydrogen-bond donors (Lipinski definition) is 1. The Kier molecular flexibility index (Phi) is 5.99. The molecule has 0 saturated carbocycles. The monoisotopic (exact) mass is 392 g/mol. The van der Waals surface area contributed by atoms with Gasteiger partial charge in [0.25, 0.3) is 0 Å². The summed E-state index contributed by atoms with van der Waals surface area (Å²) in [6.45, 7) is 4.87. The van der Waals surface area contributed by atoms with Crippen LogP contribution in [0.3, 0.4) is 0 Å². The van der Waals surface area contributed by atoms with Crippen molar-refractivity contribution in [3.63, 3.8) is 0 Å². The molecule has 1 aliphatic heterocycles. The Hall–Kier alpha value is -2.15. The van der Waals surface area contributed by atoms with E-state index < -0.39 is 17.6 Å². The molecule has 144 valence electrons. The van der Waals surface area contributed by atoms with Crippen LogP contribution >= 0.6 is 11.8 Å². The Labute approximate surface area is 161 Å². The maximum absolute atomic E-state index is 14.8. The number of carboxylic acids is 1. The van der Waals surface area contributed by atoms with Crippen molar-refractivity contribution in [2.24, 2.45) is 5.92 Å². The predicted octanol–water partition coefficient (Wildman–Crippen LogP) is 4.83. The van der Waals surface area contributed by atoms with Crippen molar-refractivity contribution in [2.45, 2.75) is 37.0 Å². The maximum Gasteiger partial charge on any atom is 0.303 e. The summed E-state index contributed by atoms with van der Waals surface area (Å²) in [4.78, 5) is 16.8. The Morgan fingerprint density at radius 2 is 2.07 bits per heavy atom. The van der Waals surface area contributed by atoms with E-state index in [0.717, 1.165) is 5.03 Å². The summed E-state index contributed by atoms with van der Waals surface area (Å²) in [6.07, 6.45) is 2.30. The minimum atomic E-state index is -0.884. The predicted molar refractivity (Wildman–Crippen MR) is 103 cm³/mol. The largest absolute Gasteiger partial charge is 0.481 e. The van der Waals surface area contributed by atoms with Gasteiger partial charge in [0.15, 0.2) is 0 Å². The molecule has 0 spiro atoms. The van der Waals surface area contributed by atoms with E-state index in [4.69, 9.17) is 5.11 Å². The first kappa shape index (κ1) is 19.6. The van der Waals surface area contributed by atoms with Crippen molar-refractivity contribution < 1.29 is 18.7 Å². The van der Waals surface area contributed by atoms with E-state index in [1.807, 2.05) is 19.9 Å². The first-order chi connectivity index (χ1) is 12.8. The molecule has 27 heavy (non-hydrogen) atoms. The van der Waals surface area contributed by atoms with Gasteiger partial charge in [-0.2, -0.15) is 0 Å². The highest BCUT2D eigenvalue weighted by Gasteiger charge is 2.28. The molecule has 1 fully saturated rings. The summed E-state index contributed by atoms with van der Waals surface area (Å²) >= 11 is 1.55. The standard InChI is InChI=1S/C20H22F2N2O2S/c1-12(2)27-20-15(4-3-6-23-20)14-9-16(21)19(17(22)10-14)24-7-5-13(11-24)8-18(25)26/h3-4,6,9-10,12-13H,5,7-8,11H2,1-2H3,(H,25,26). The van der Waals surface area contributed by atoms with Crippen molar-refractivity contribution >= 4 is 23.4 Å². The van der Waals surface area contributed by atoms with Crippen LogP contribution in [0.4, 0.5) is 14.5 Å². The van der Waals surface area contributed by atoms with Crippen LogP contribution in [0.25, 0.3) is 11.1 Å². The van der Waals surface area contributed by atoms with Crippen molar-refractivity contribution in [1.82, 2.24) is 4.98 Å². The van der Waals surface area contributed by atoms with Gasteiger partial charge in [-0.1, -0.05) is 19.9 Å². The van der Waals surface area contributed by atoms with Gasteiger partial charge in [0.05, 0.1) is 0 Å². The van der Waals surface area contributed by atoms with Crippen molar-refractivity contribution in [2.75, 3.05) is 18.0 Å². The zero-order valence-electron chi connectivity index (χ0n) is 15.3. The zero-order valence-corrected chi connectivity index (χ0v) is 16.1.